The highest BCUT2D eigenvalue weighted by Crippen LogP contribution is 2.32. The molecule has 3 heteroatoms. The largest absolute Gasteiger partial charge is 0.295 e. The van der Waals surface area contributed by atoms with Crippen molar-refractivity contribution in [1.82, 2.24) is 0 Å². The van der Waals surface area contributed by atoms with E-state index in [1.807, 2.05) is 21.0 Å². The van der Waals surface area contributed by atoms with Crippen molar-refractivity contribution in [3.63, 3.8) is 0 Å². The minimum atomic E-state index is -0.489. The van der Waals surface area contributed by atoms with Gasteiger partial charge in [0, 0.05) is 11.5 Å². The lowest BCUT2D eigenvalue weighted by molar-refractivity contribution is -0.845. The highest BCUT2D eigenvalue weighted by Gasteiger charge is 2.36. The van der Waals surface area contributed by atoms with Crippen LogP contribution in [-0.2, 0) is 0 Å². The third kappa shape index (κ3) is 2.03. The molecule has 0 aliphatic carbocycles. The maximum atomic E-state index is 12.8. The maximum Gasteiger partial charge on any atom is 0.134 e. The van der Waals surface area contributed by atoms with E-state index in [0.717, 1.165) is 17.8 Å². The molecule has 1 unspecified atom stereocenters. The second-order valence-corrected chi connectivity index (χ2v) is 4.37. The van der Waals surface area contributed by atoms with Crippen LogP contribution in [0.3, 0.4) is 0 Å². The molecule has 1 heterocycles. The van der Waals surface area contributed by atoms with E-state index in [-0.39, 0.29) is 5.92 Å². The zero-order valence-electron chi connectivity index (χ0n) is 9.06. The van der Waals surface area contributed by atoms with E-state index in [2.05, 4.69) is 0 Å². The molecule has 0 saturated carbocycles. The Bertz CT molecular complexity index is 266. The first kappa shape index (κ1) is 11.4. The molecule has 80 valence electrons. The Morgan fingerprint density at radius 3 is 2.57 bits per heavy atom. The summed E-state index contributed by atoms with van der Waals surface area (Å²) in [5, 5.41) is 0. The molecule has 0 aromatic rings. The highest BCUT2D eigenvalue weighted by molar-refractivity contribution is 5.25. The summed E-state index contributed by atoms with van der Waals surface area (Å²) >= 11 is 0. The first-order valence-electron chi connectivity index (χ1n) is 4.88. The Labute approximate surface area is 84.3 Å². The van der Waals surface area contributed by atoms with Gasteiger partial charge in [-0.15, -0.1) is 0 Å². The van der Waals surface area contributed by atoms with E-state index in [0.29, 0.717) is 4.48 Å². The van der Waals surface area contributed by atoms with Crippen molar-refractivity contribution < 1.29 is 13.3 Å². The van der Waals surface area contributed by atoms with Gasteiger partial charge >= 0.3 is 0 Å². The van der Waals surface area contributed by atoms with Gasteiger partial charge in [0.15, 0.2) is 0 Å². The molecule has 1 aliphatic rings. The zero-order chi connectivity index (χ0) is 10.8. The monoisotopic (exact) mass is 202 g/mol. The Morgan fingerprint density at radius 1 is 1.43 bits per heavy atom. The smallest absolute Gasteiger partial charge is 0.134 e. The number of hydrogen-bond donors (Lipinski definition) is 0. The molecular weight excluding hydrogens is 184 g/mol. The molecule has 1 nitrogen and oxygen atoms in total. The second kappa shape index (κ2) is 4.22. The van der Waals surface area contributed by atoms with Gasteiger partial charge in [-0.3, -0.25) is 4.48 Å². The second-order valence-electron chi connectivity index (χ2n) is 4.37. The van der Waals surface area contributed by atoms with E-state index in [1.54, 1.807) is 6.08 Å². The van der Waals surface area contributed by atoms with Crippen LogP contribution in [0.15, 0.2) is 23.4 Å². The number of quaternary nitrogens is 1. The lowest BCUT2D eigenvalue weighted by Crippen LogP contribution is -2.36. The van der Waals surface area contributed by atoms with Crippen LogP contribution in [0, 0.1) is 5.92 Å². The van der Waals surface area contributed by atoms with Gasteiger partial charge in [-0.1, -0.05) is 6.92 Å². The number of nitrogens with zero attached hydrogens (tertiary/aromatic N) is 1. The Kier molecular flexibility index (Phi) is 3.43. The van der Waals surface area contributed by atoms with Crippen LogP contribution in [-0.4, -0.2) is 38.5 Å². The van der Waals surface area contributed by atoms with Crippen LogP contribution >= 0.6 is 0 Å². The van der Waals surface area contributed by atoms with Crippen molar-refractivity contribution in [3.05, 3.63) is 23.4 Å². The average molecular weight is 202 g/mol. The van der Waals surface area contributed by atoms with Crippen molar-refractivity contribution in [2.24, 2.45) is 5.92 Å². The van der Waals surface area contributed by atoms with E-state index in [9.17, 15) is 8.78 Å². The summed E-state index contributed by atoms with van der Waals surface area (Å²) in [6, 6.07) is 0. The fraction of sp³-hybridized carbons (Fsp3) is 0.636. The van der Waals surface area contributed by atoms with Gasteiger partial charge < -0.3 is 0 Å². The molecule has 0 radical (unpaired) electrons. The van der Waals surface area contributed by atoms with Gasteiger partial charge in [0.1, 0.15) is 19.0 Å². The van der Waals surface area contributed by atoms with E-state index >= 15 is 0 Å². The molecule has 0 aromatic carbocycles. The van der Waals surface area contributed by atoms with Crippen molar-refractivity contribution in [2.75, 3.05) is 34.0 Å². The van der Waals surface area contributed by atoms with Crippen molar-refractivity contribution in [2.45, 2.75) is 6.92 Å². The summed E-state index contributed by atoms with van der Waals surface area (Å²) < 4.78 is 25.4. The third-order valence-electron chi connectivity index (χ3n) is 2.82. The van der Waals surface area contributed by atoms with Gasteiger partial charge in [-0.25, -0.2) is 8.78 Å². The number of likely N-dealkylation sites (N-methyl/N-ethyl adjacent to an activating group) is 1. The summed E-state index contributed by atoms with van der Waals surface area (Å²) in [7, 11) is 4.05. The number of allylic oxidation sites excluding steroid dienone is 2. The van der Waals surface area contributed by atoms with Crippen LogP contribution in [0.1, 0.15) is 6.92 Å². The fourth-order valence-electron chi connectivity index (χ4n) is 2.20. The Balaban J connectivity index is 3.02. The van der Waals surface area contributed by atoms with Gasteiger partial charge in [-0.05, 0) is 12.2 Å². The van der Waals surface area contributed by atoms with Crippen LogP contribution < -0.4 is 0 Å². The fourth-order valence-corrected chi connectivity index (χ4v) is 2.20. The number of halogens is 2. The first-order chi connectivity index (χ1) is 6.53. The van der Waals surface area contributed by atoms with Crippen LogP contribution in [0.2, 0.25) is 0 Å². The molecule has 0 fully saturated rings. The zero-order valence-corrected chi connectivity index (χ0v) is 9.06. The number of alkyl halides is 2. The summed E-state index contributed by atoms with van der Waals surface area (Å²) in [5.74, 6) is 0.259. The molecule has 0 saturated heterocycles. The van der Waals surface area contributed by atoms with Crippen molar-refractivity contribution in [3.8, 4) is 0 Å². The van der Waals surface area contributed by atoms with Crippen molar-refractivity contribution >= 4 is 0 Å². The molecule has 0 aromatic heterocycles. The summed E-state index contributed by atoms with van der Waals surface area (Å²) in [6.07, 6.45) is 3.17. The summed E-state index contributed by atoms with van der Waals surface area (Å²) in [6.45, 7) is 2.00. The van der Waals surface area contributed by atoms with Gasteiger partial charge in [0.25, 0.3) is 0 Å². The summed E-state index contributed by atoms with van der Waals surface area (Å²) in [4.78, 5) is 0. The normalized spacial score (nSPS) is 26.5. The van der Waals surface area contributed by atoms with Crippen LogP contribution in [0.25, 0.3) is 0 Å². The van der Waals surface area contributed by atoms with Gasteiger partial charge in [-0.2, -0.15) is 0 Å². The minimum Gasteiger partial charge on any atom is -0.295 e. The minimum absolute atomic E-state index is 0.259. The van der Waals surface area contributed by atoms with Gasteiger partial charge in [0.2, 0.25) is 0 Å². The summed E-state index contributed by atoms with van der Waals surface area (Å²) in [5.41, 5.74) is 1.75. The number of rotatable bonds is 3. The molecule has 0 bridgehead atoms. The molecule has 1 aliphatic heterocycles. The predicted octanol–water partition coefficient (Wildman–Crippen LogP) is 2.46. The lowest BCUT2D eigenvalue weighted by Gasteiger charge is -2.25. The average Bonchev–Trinajstić information content (AvgIpc) is 2.31. The Morgan fingerprint density at radius 2 is 2.07 bits per heavy atom. The van der Waals surface area contributed by atoms with E-state index < -0.39 is 13.3 Å². The van der Waals surface area contributed by atoms with Crippen LogP contribution in [0.5, 0.6) is 0 Å². The van der Waals surface area contributed by atoms with Crippen molar-refractivity contribution in [1.29, 1.82) is 0 Å². The molecule has 1 atom stereocenters. The predicted molar refractivity (Wildman–Crippen MR) is 54.3 cm³/mol. The topological polar surface area (TPSA) is 0 Å². The van der Waals surface area contributed by atoms with E-state index in [1.165, 1.54) is 6.08 Å². The standard InChI is InChI=1S/C11H18F2N/c1-9-8-14(2,3)11(5-4-6-12)10(9)7-13/h4-5,9H,6-8H2,1-3H3/q+1/b5-4-. The number of hydrogen-bond acceptors (Lipinski definition) is 0. The van der Waals surface area contributed by atoms with Gasteiger partial charge in [0.05, 0.1) is 20.6 Å². The first-order valence-corrected chi connectivity index (χ1v) is 4.88. The molecule has 0 N–H and O–H groups in total. The lowest BCUT2D eigenvalue weighted by atomic mass is 10.0. The third-order valence-corrected chi connectivity index (χ3v) is 2.82. The molecule has 14 heavy (non-hydrogen) atoms. The highest BCUT2D eigenvalue weighted by atomic mass is 19.1. The molecular formula is C11H18F2N+. The maximum absolute atomic E-state index is 12.8. The SMILES string of the molecule is CC1C[N+](C)(C)C(/C=C\CF)=C1CF. The van der Waals surface area contributed by atoms with E-state index in [4.69, 9.17) is 0 Å². The molecule has 0 spiro atoms. The molecule has 1 rings (SSSR count). The quantitative estimate of drug-likeness (QED) is 0.617. The van der Waals surface area contributed by atoms with Crippen LogP contribution in [0.4, 0.5) is 8.78 Å². The Hall–Kier alpha value is -0.700. The molecule has 0 amide bonds.